The summed E-state index contributed by atoms with van der Waals surface area (Å²) in [5, 5.41) is 12.0. The maximum absolute atomic E-state index is 12.6. The molecule has 1 saturated heterocycles. The number of carbonyl (C=O) groups is 3. The van der Waals surface area contributed by atoms with Crippen LogP contribution in [0.4, 0.5) is 5.69 Å². The van der Waals surface area contributed by atoms with Crippen LogP contribution in [0.5, 0.6) is 0 Å². The largest absolute Gasteiger partial charge is 0.481 e. The van der Waals surface area contributed by atoms with Gasteiger partial charge in [-0.3, -0.25) is 14.4 Å². The predicted octanol–water partition coefficient (Wildman–Crippen LogP) is 3.50. The molecule has 29 heavy (non-hydrogen) atoms. The summed E-state index contributed by atoms with van der Waals surface area (Å²) in [5.41, 5.74) is 2.37. The minimum Gasteiger partial charge on any atom is -0.481 e. The van der Waals surface area contributed by atoms with Crippen LogP contribution >= 0.6 is 11.8 Å². The number of carboxylic acid groups (broad SMARTS) is 1. The summed E-state index contributed by atoms with van der Waals surface area (Å²) < 4.78 is 0. The van der Waals surface area contributed by atoms with E-state index in [0.29, 0.717) is 36.5 Å². The molecule has 3 rings (SSSR count). The first-order valence-electron chi connectivity index (χ1n) is 9.56. The summed E-state index contributed by atoms with van der Waals surface area (Å²) in [5.74, 6) is -0.485. The average Bonchev–Trinajstić information content (AvgIpc) is 2.74. The van der Waals surface area contributed by atoms with Gasteiger partial charge < -0.3 is 15.3 Å². The Morgan fingerprint density at radius 2 is 1.79 bits per heavy atom. The zero-order valence-electron chi connectivity index (χ0n) is 16.0. The van der Waals surface area contributed by atoms with Gasteiger partial charge in [0, 0.05) is 30.1 Å². The third-order valence-electron chi connectivity index (χ3n) is 4.82. The number of nitrogens with zero attached hydrogens (tertiary/aromatic N) is 1. The van der Waals surface area contributed by atoms with Crippen LogP contribution in [0.15, 0.2) is 54.6 Å². The fourth-order valence-corrected chi connectivity index (χ4v) is 4.06. The lowest BCUT2D eigenvalue weighted by atomic mass is 9.97. The number of thioether (sulfide) groups is 1. The van der Waals surface area contributed by atoms with Crippen LogP contribution in [-0.4, -0.2) is 46.6 Å². The topological polar surface area (TPSA) is 86.7 Å². The van der Waals surface area contributed by atoms with Crippen molar-refractivity contribution in [1.29, 1.82) is 0 Å². The number of aliphatic carboxylic acids is 1. The fraction of sp³-hybridized carbons (Fsp3) is 0.318. The third-order valence-corrected chi connectivity index (χ3v) is 5.82. The van der Waals surface area contributed by atoms with E-state index in [-0.39, 0.29) is 18.4 Å². The zero-order valence-corrected chi connectivity index (χ0v) is 16.9. The highest BCUT2D eigenvalue weighted by Gasteiger charge is 2.28. The second kappa shape index (κ2) is 10.1. The number of benzene rings is 2. The van der Waals surface area contributed by atoms with Crippen molar-refractivity contribution in [2.75, 3.05) is 24.2 Å². The minimum atomic E-state index is -0.842. The van der Waals surface area contributed by atoms with E-state index in [0.717, 1.165) is 11.3 Å². The Bertz CT molecular complexity index is 855. The van der Waals surface area contributed by atoms with Crippen molar-refractivity contribution in [3.63, 3.8) is 0 Å². The molecule has 6 nitrogen and oxygen atoms in total. The van der Waals surface area contributed by atoms with E-state index in [9.17, 15) is 19.5 Å². The molecule has 2 amide bonds. The lowest BCUT2D eigenvalue weighted by Crippen LogP contribution is -2.42. The number of nitrogens with one attached hydrogen (secondary N) is 1. The molecule has 1 aliphatic heterocycles. The molecule has 0 aromatic heterocycles. The number of amides is 2. The highest BCUT2D eigenvalue weighted by Crippen LogP contribution is 2.20. The number of hydrogen-bond acceptors (Lipinski definition) is 4. The molecule has 2 aromatic rings. The second-order valence-electron chi connectivity index (χ2n) is 7.03. The van der Waals surface area contributed by atoms with Crippen LogP contribution in [-0.2, 0) is 15.3 Å². The van der Waals surface area contributed by atoms with Crippen molar-refractivity contribution >= 4 is 35.2 Å². The number of piperidine rings is 1. The van der Waals surface area contributed by atoms with Crippen molar-refractivity contribution in [3.05, 3.63) is 65.7 Å². The van der Waals surface area contributed by atoms with Crippen LogP contribution in [0.1, 0.15) is 28.8 Å². The van der Waals surface area contributed by atoms with Gasteiger partial charge in [-0.15, -0.1) is 11.8 Å². The molecule has 2 aromatic carbocycles. The SMILES string of the molecule is O=C(CSCc1ccc(C(=O)N2CCCC(C(=O)O)C2)cc1)Nc1ccccc1. The summed E-state index contributed by atoms with van der Waals surface area (Å²) in [4.78, 5) is 37.4. The lowest BCUT2D eigenvalue weighted by molar-refractivity contribution is -0.143. The van der Waals surface area contributed by atoms with Gasteiger partial charge >= 0.3 is 5.97 Å². The van der Waals surface area contributed by atoms with Gasteiger partial charge in [0.15, 0.2) is 0 Å². The summed E-state index contributed by atoms with van der Waals surface area (Å²) in [6, 6.07) is 16.6. The second-order valence-corrected chi connectivity index (χ2v) is 8.02. The summed E-state index contributed by atoms with van der Waals surface area (Å²) >= 11 is 1.51. The molecule has 152 valence electrons. The Labute approximate surface area is 174 Å². The van der Waals surface area contributed by atoms with Gasteiger partial charge in [-0.2, -0.15) is 0 Å². The van der Waals surface area contributed by atoms with E-state index in [2.05, 4.69) is 5.32 Å². The number of hydrogen-bond donors (Lipinski definition) is 2. The Balaban J connectivity index is 1.46. The first kappa shape index (κ1) is 20.9. The molecule has 0 saturated carbocycles. The molecule has 0 bridgehead atoms. The number of anilines is 1. The van der Waals surface area contributed by atoms with Gasteiger partial charge in [0.2, 0.25) is 5.91 Å². The average molecular weight is 413 g/mol. The van der Waals surface area contributed by atoms with Crippen LogP contribution in [0.2, 0.25) is 0 Å². The van der Waals surface area contributed by atoms with E-state index in [1.165, 1.54) is 11.8 Å². The van der Waals surface area contributed by atoms with Gasteiger partial charge in [-0.1, -0.05) is 30.3 Å². The first-order valence-corrected chi connectivity index (χ1v) is 10.7. The molecule has 2 N–H and O–H groups in total. The maximum Gasteiger partial charge on any atom is 0.308 e. The van der Waals surface area contributed by atoms with Crippen LogP contribution in [0.25, 0.3) is 0 Å². The van der Waals surface area contributed by atoms with Crippen LogP contribution in [0.3, 0.4) is 0 Å². The number of rotatable bonds is 7. The molecule has 1 atom stereocenters. The van der Waals surface area contributed by atoms with E-state index in [4.69, 9.17) is 0 Å². The Hall–Kier alpha value is -2.80. The minimum absolute atomic E-state index is 0.0499. The van der Waals surface area contributed by atoms with Crippen molar-refractivity contribution in [1.82, 2.24) is 4.90 Å². The normalized spacial score (nSPS) is 16.3. The van der Waals surface area contributed by atoms with Crippen molar-refractivity contribution < 1.29 is 19.5 Å². The monoisotopic (exact) mass is 412 g/mol. The van der Waals surface area contributed by atoms with Crippen molar-refractivity contribution in [3.8, 4) is 0 Å². The van der Waals surface area contributed by atoms with Gasteiger partial charge in [-0.05, 0) is 42.7 Å². The predicted molar refractivity (Wildman–Crippen MR) is 114 cm³/mol. The first-order chi connectivity index (χ1) is 14.0. The van der Waals surface area contributed by atoms with E-state index < -0.39 is 11.9 Å². The molecule has 7 heteroatoms. The van der Waals surface area contributed by atoms with Gasteiger partial charge in [-0.25, -0.2) is 0 Å². The molecule has 1 fully saturated rings. The van der Waals surface area contributed by atoms with E-state index in [1.54, 1.807) is 17.0 Å². The molecule has 0 aliphatic carbocycles. The highest BCUT2D eigenvalue weighted by atomic mass is 32.2. The number of carbonyl (C=O) groups excluding carboxylic acids is 2. The molecular formula is C22H24N2O4S. The molecule has 0 radical (unpaired) electrons. The van der Waals surface area contributed by atoms with E-state index >= 15 is 0 Å². The number of carboxylic acids is 1. The van der Waals surface area contributed by atoms with Crippen molar-refractivity contribution in [2.45, 2.75) is 18.6 Å². The standard InChI is InChI=1S/C22H24N2O4S/c25-20(23-19-6-2-1-3-7-19)15-29-14-16-8-10-17(11-9-16)21(26)24-12-4-5-18(13-24)22(27)28/h1-3,6-11,18H,4-5,12-15H2,(H,23,25)(H,27,28). The quantitative estimate of drug-likeness (QED) is 0.727. The fourth-order valence-electron chi connectivity index (χ4n) is 3.27. The Morgan fingerprint density at radius 3 is 2.48 bits per heavy atom. The molecule has 1 aliphatic rings. The Kier molecular flexibility index (Phi) is 7.30. The Morgan fingerprint density at radius 1 is 1.07 bits per heavy atom. The summed E-state index contributed by atoms with van der Waals surface area (Å²) in [6.07, 6.45) is 1.33. The maximum atomic E-state index is 12.6. The van der Waals surface area contributed by atoms with Crippen molar-refractivity contribution in [2.24, 2.45) is 5.92 Å². The molecular weight excluding hydrogens is 388 g/mol. The zero-order chi connectivity index (χ0) is 20.6. The summed E-state index contributed by atoms with van der Waals surface area (Å²) in [7, 11) is 0. The number of para-hydroxylation sites is 1. The highest BCUT2D eigenvalue weighted by molar-refractivity contribution is 7.99. The van der Waals surface area contributed by atoms with Gasteiger partial charge in [0.1, 0.15) is 0 Å². The summed E-state index contributed by atoms with van der Waals surface area (Å²) in [6.45, 7) is 0.860. The lowest BCUT2D eigenvalue weighted by Gasteiger charge is -2.30. The van der Waals surface area contributed by atoms with Crippen LogP contribution < -0.4 is 5.32 Å². The molecule has 0 spiro atoms. The van der Waals surface area contributed by atoms with Gasteiger partial charge in [0.05, 0.1) is 11.7 Å². The van der Waals surface area contributed by atoms with Crippen LogP contribution in [0, 0.1) is 5.92 Å². The number of likely N-dealkylation sites (tertiary alicyclic amines) is 1. The van der Waals surface area contributed by atoms with Gasteiger partial charge in [0.25, 0.3) is 5.91 Å². The molecule has 1 heterocycles. The smallest absolute Gasteiger partial charge is 0.308 e. The third kappa shape index (κ3) is 6.09. The van der Waals surface area contributed by atoms with E-state index in [1.807, 2.05) is 42.5 Å². The molecule has 1 unspecified atom stereocenters.